The van der Waals surface area contributed by atoms with Crippen molar-refractivity contribution in [3.8, 4) is 5.75 Å². The zero-order chi connectivity index (χ0) is 20.6. The SMILES string of the molecule is CCc1cccc(OCC(=O)NCCN2C(=O)S/C(=C\c3cccnc3)C2=O)c1. The second-order valence-corrected chi connectivity index (χ2v) is 7.25. The zero-order valence-corrected chi connectivity index (χ0v) is 16.8. The summed E-state index contributed by atoms with van der Waals surface area (Å²) in [6.07, 6.45) is 5.77. The molecule has 0 unspecified atom stereocenters. The Morgan fingerprint density at radius 3 is 2.90 bits per heavy atom. The Morgan fingerprint density at radius 1 is 1.28 bits per heavy atom. The molecule has 0 atom stereocenters. The molecule has 3 amide bonds. The van der Waals surface area contributed by atoms with E-state index >= 15 is 0 Å². The number of pyridine rings is 1. The summed E-state index contributed by atoms with van der Waals surface area (Å²) in [7, 11) is 0. The smallest absolute Gasteiger partial charge is 0.293 e. The molecule has 29 heavy (non-hydrogen) atoms. The minimum absolute atomic E-state index is 0.103. The van der Waals surface area contributed by atoms with E-state index in [1.807, 2.05) is 25.1 Å². The van der Waals surface area contributed by atoms with Crippen LogP contribution in [0.2, 0.25) is 0 Å². The Labute approximate surface area is 173 Å². The van der Waals surface area contributed by atoms with Gasteiger partial charge in [-0.05, 0) is 53.6 Å². The van der Waals surface area contributed by atoms with Gasteiger partial charge in [-0.1, -0.05) is 25.1 Å². The van der Waals surface area contributed by atoms with E-state index in [0.717, 1.165) is 34.2 Å². The van der Waals surface area contributed by atoms with E-state index in [-0.39, 0.29) is 36.7 Å². The molecule has 1 saturated heterocycles. The second-order valence-electron chi connectivity index (χ2n) is 6.26. The van der Waals surface area contributed by atoms with Gasteiger partial charge in [0.2, 0.25) is 0 Å². The van der Waals surface area contributed by atoms with Gasteiger partial charge in [-0.25, -0.2) is 0 Å². The molecule has 1 aromatic carbocycles. The van der Waals surface area contributed by atoms with Crippen molar-refractivity contribution in [1.82, 2.24) is 15.2 Å². The first-order valence-electron chi connectivity index (χ1n) is 9.20. The number of ether oxygens (including phenoxy) is 1. The molecular formula is C21H21N3O4S. The largest absolute Gasteiger partial charge is 0.484 e. The highest BCUT2D eigenvalue weighted by Gasteiger charge is 2.34. The van der Waals surface area contributed by atoms with Crippen LogP contribution in [0.15, 0.2) is 53.7 Å². The summed E-state index contributed by atoms with van der Waals surface area (Å²) in [5.41, 5.74) is 1.87. The van der Waals surface area contributed by atoms with Crippen molar-refractivity contribution >= 4 is 34.9 Å². The number of imide groups is 1. The number of amides is 3. The molecule has 1 fully saturated rings. The Kier molecular flexibility index (Phi) is 7.02. The minimum atomic E-state index is -0.370. The molecule has 8 heteroatoms. The van der Waals surface area contributed by atoms with Crippen molar-refractivity contribution in [3.05, 3.63) is 64.8 Å². The van der Waals surface area contributed by atoms with Crippen molar-refractivity contribution in [1.29, 1.82) is 0 Å². The van der Waals surface area contributed by atoms with Gasteiger partial charge in [0.1, 0.15) is 5.75 Å². The van der Waals surface area contributed by atoms with Crippen LogP contribution in [-0.4, -0.2) is 46.6 Å². The molecule has 1 aromatic heterocycles. The number of aryl methyl sites for hydroxylation is 1. The van der Waals surface area contributed by atoms with E-state index in [2.05, 4.69) is 10.3 Å². The first-order chi connectivity index (χ1) is 14.1. The predicted octanol–water partition coefficient (Wildman–Crippen LogP) is 2.88. The topological polar surface area (TPSA) is 88.6 Å². The lowest BCUT2D eigenvalue weighted by molar-refractivity contribution is -0.125. The summed E-state index contributed by atoms with van der Waals surface area (Å²) < 4.78 is 5.48. The van der Waals surface area contributed by atoms with Gasteiger partial charge in [0.05, 0.1) is 4.91 Å². The van der Waals surface area contributed by atoms with E-state index in [0.29, 0.717) is 10.7 Å². The Bertz CT molecular complexity index is 931. The van der Waals surface area contributed by atoms with E-state index in [1.54, 1.807) is 36.7 Å². The fraction of sp³-hybridized carbons (Fsp3) is 0.238. The Morgan fingerprint density at radius 2 is 2.14 bits per heavy atom. The molecule has 2 heterocycles. The summed E-state index contributed by atoms with van der Waals surface area (Å²) in [5, 5.41) is 2.31. The van der Waals surface area contributed by atoms with Gasteiger partial charge in [-0.15, -0.1) is 0 Å². The van der Waals surface area contributed by atoms with Crippen molar-refractivity contribution in [2.45, 2.75) is 13.3 Å². The molecule has 1 aliphatic rings. The number of hydrogen-bond acceptors (Lipinski definition) is 6. The van der Waals surface area contributed by atoms with Crippen LogP contribution in [0.5, 0.6) is 5.75 Å². The lowest BCUT2D eigenvalue weighted by atomic mass is 10.2. The average Bonchev–Trinajstić information content (AvgIpc) is 3.00. The molecule has 7 nitrogen and oxygen atoms in total. The highest BCUT2D eigenvalue weighted by Crippen LogP contribution is 2.31. The summed E-state index contributed by atoms with van der Waals surface area (Å²) in [5.74, 6) is -0.0542. The summed E-state index contributed by atoms with van der Waals surface area (Å²) >= 11 is 0.880. The summed E-state index contributed by atoms with van der Waals surface area (Å²) in [4.78, 5) is 41.9. The maximum Gasteiger partial charge on any atom is 0.293 e. The monoisotopic (exact) mass is 411 g/mol. The number of nitrogens with one attached hydrogen (secondary N) is 1. The quantitative estimate of drug-likeness (QED) is 0.672. The number of benzene rings is 1. The van der Waals surface area contributed by atoms with Crippen LogP contribution in [-0.2, 0) is 16.0 Å². The molecule has 0 saturated carbocycles. The maximum atomic E-state index is 12.4. The van der Waals surface area contributed by atoms with Crippen LogP contribution in [0.1, 0.15) is 18.1 Å². The van der Waals surface area contributed by atoms with Crippen molar-refractivity contribution in [2.75, 3.05) is 19.7 Å². The first-order valence-corrected chi connectivity index (χ1v) is 10.0. The van der Waals surface area contributed by atoms with Gasteiger partial charge in [0.25, 0.3) is 17.1 Å². The number of carbonyl (C=O) groups is 3. The average molecular weight is 411 g/mol. The van der Waals surface area contributed by atoms with Crippen molar-refractivity contribution in [3.63, 3.8) is 0 Å². The molecule has 0 bridgehead atoms. The van der Waals surface area contributed by atoms with Gasteiger partial charge in [-0.3, -0.25) is 24.3 Å². The molecule has 0 radical (unpaired) electrons. The molecule has 0 aliphatic carbocycles. The predicted molar refractivity (Wildman–Crippen MR) is 111 cm³/mol. The fourth-order valence-corrected chi connectivity index (χ4v) is 3.53. The third-order valence-corrected chi connectivity index (χ3v) is 5.10. The van der Waals surface area contributed by atoms with E-state index in [1.165, 1.54) is 0 Å². The highest BCUT2D eigenvalue weighted by molar-refractivity contribution is 8.18. The van der Waals surface area contributed by atoms with Crippen LogP contribution in [0.25, 0.3) is 6.08 Å². The standard InChI is InChI=1S/C21H21N3O4S/c1-2-15-5-3-7-17(11-15)28-14-19(25)23-9-10-24-20(26)18(29-21(24)27)12-16-6-4-8-22-13-16/h3-8,11-13H,2,9-10,14H2,1H3,(H,23,25)/b18-12-. The number of nitrogens with zero attached hydrogens (tertiary/aromatic N) is 2. The number of thioether (sulfide) groups is 1. The molecule has 0 spiro atoms. The minimum Gasteiger partial charge on any atom is -0.484 e. The Hall–Kier alpha value is -3.13. The fourth-order valence-electron chi connectivity index (χ4n) is 2.67. The van der Waals surface area contributed by atoms with Gasteiger partial charge in [0, 0.05) is 25.5 Å². The molecule has 1 aliphatic heterocycles. The van der Waals surface area contributed by atoms with Crippen LogP contribution in [0, 0.1) is 0 Å². The Balaban J connectivity index is 1.46. The van der Waals surface area contributed by atoms with Crippen LogP contribution < -0.4 is 10.1 Å². The van der Waals surface area contributed by atoms with Crippen molar-refractivity contribution in [2.24, 2.45) is 0 Å². The first kappa shape index (κ1) is 20.6. The zero-order valence-electron chi connectivity index (χ0n) is 16.0. The van der Waals surface area contributed by atoms with Gasteiger partial charge < -0.3 is 10.1 Å². The second kappa shape index (κ2) is 9.88. The molecule has 2 aromatic rings. The van der Waals surface area contributed by atoms with Gasteiger partial charge >= 0.3 is 0 Å². The van der Waals surface area contributed by atoms with Crippen LogP contribution in [0.3, 0.4) is 0 Å². The highest BCUT2D eigenvalue weighted by atomic mass is 32.2. The van der Waals surface area contributed by atoms with E-state index in [9.17, 15) is 14.4 Å². The number of carbonyl (C=O) groups excluding carboxylic acids is 3. The van der Waals surface area contributed by atoms with Crippen molar-refractivity contribution < 1.29 is 19.1 Å². The van der Waals surface area contributed by atoms with Gasteiger partial charge in [0.15, 0.2) is 6.61 Å². The third kappa shape index (κ3) is 5.68. The normalized spacial score (nSPS) is 15.1. The summed E-state index contributed by atoms with van der Waals surface area (Å²) in [6.45, 7) is 2.18. The molecular weight excluding hydrogens is 390 g/mol. The third-order valence-electron chi connectivity index (χ3n) is 4.19. The van der Waals surface area contributed by atoms with Crippen LogP contribution in [0.4, 0.5) is 4.79 Å². The number of rotatable bonds is 8. The maximum absolute atomic E-state index is 12.4. The lowest BCUT2D eigenvalue weighted by Gasteiger charge is -2.13. The number of aromatic nitrogens is 1. The lowest BCUT2D eigenvalue weighted by Crippen LogP contribution is -2.38. The molecule has 150 valence electrons. The van der Waals surface area contributed by atoms with Gasteiger partial charge in [-0.2, -0.15) is 0 Å². The molecule has 1 N–H and O–H groups in total. The van der Waals surface area contributed by atoms with Crippen LogP contribution >= 0.6 is 11.8 Å². The number of hydrogen-bond donors (Lipinski definition) is 1. The van der Waals surface area contributed by atoms with E-state index in [4.69, 9.17) is 4.74 Å². The summed E-state index contributed by atoms with van der Waals surface area (Å²) in [6, 6.07) is 11.1. The van der Waals surface area contributed by atoms with E-state index < -0.39 is 0 Å². The molecule has 3 rings (SSSR count).